The average molecular weight is 291 g/mol. The molecule has 0 N–H and O–H groups in total. The predicted octanol–water partition coefficient (Wildman–Crippen LogP) is 3.09. The summed E-state index contributed by atoms with van der Waals surface area (Å²) in [6.07, 6.45) is 4.47. The van der Waals surface area contributed by atoms with Gasteiger partial charge in [0.25, 0.3) is 0 Å². The zero-order chi connectivity index (χ0) is 12.4. The van der Waals surface area contributed by atoms with Gasteiger partial charge in [-0.3, -0.25) is 4.79 Å². The predicted molar refractivity (Wildman–Crippen MR) is 69.1 cm³/mol. The molecule has 0 amide bonds. The van der Waals surface area contributed by atoms with Gasteiger partial charge in [0, 0.05) is 22.4 Å². The third-order valence-electron chi connectivity index (χ3n) is 2.52. The van der Waals surface area contributed by atoms with Gasteiger partial charge in [-0.05, 0) is 37.1 Å². The van der Waals surface area contributed by atoms with Crippen molar-refractivity contribution in [2.45, 2.75) is 13.8 Å². The van der Waals surface area contributed by atoms with Crippen LogP contribution >= 0.6 is 15.9 Å². The fourth-order valence-electron chi connectivity index (χ4n) is 1.66. The number of carbonyl (C=O) groups excluding carboxylic acids is 1. The van der Waals surface area contributed by atoms with Crippen molar-refractivity contribution in [1.29, 1.82) is 0 Å². The number of halogens is 1. The van der Waals surface area contributed by atoms with Gasteiger partial charge in [0.2, 0.25) is 0 Å². The lowest BCUT2D eigenvalue weighted by molar-refractivity contribution is 0.103. The van der Waals surface area contributed by atoms with Gasteiger partial charge >= 0.3 is 0 Å². The molecule has 0 aliphatic heterocycles. The van der Waals surface area contributed by atoms with E-state index >= 15 is 0 Å². The summed E-state index contributed by atoms with van der Waals surface area (Å²) in [5.41, 5.74) is 3.27. The van der Waals surface area contributed by atoms with Crippen molar-refractivity contribution in [2.75, 3.05) is 0 Å². The van der Waals surface area contributed by atoms with E-state index in [1.807, 2.05) is 26.0 Å². The average Bonchev–Trinajstić information content (AvgIpc) is 2.35. The second-order valence-electron chi connectivity index (χ2n) is 3.88. The maximum atomic E-state index is 12.2. The van der Waals surface area contributed by atoms with E-state index in [1.165, 1.54) is 18.7 Å². The molecule has 0 aliphatic rings. The minimum absolute atomic E-state index is 0.0516. The SMILES string of the molecule is Cc1cc(C(=O)c2cncnc2)cc(C)c1Br. The number of ketones is 1. The zero-order valence-electron chi connectivity index (χ0n) is 9.57. The molecule has 1 aromatic heterocycles. The highest BCUT2D eigenvalue weighted by atomic mass is 79.9. The topological polar surface area (TPSA) is 42.9 Å². The molecule has 0 unspecified atom stereocenters. The number of rotatable bonds is 2. The van der Waals surface area contributed by atoms with Gasteiger partial charge in [-0.2, -0.15) is 0 Å². The van der Waals surface area contributed by atoms with Crippen LogP contribution in [0.5, 0.6) is 0 Å². The molecule has 0 saturated carbocycles. The molecule has 2 rings (SSSR count). The van der Waals surface area contributed by atoms with Gasteiger partial charge in [-0.1, -0.05) is 15.9 Å². The minimum atomic E-state index is -0.0516. The van der Waals surface area contributed by atoms with Crippen molar-refractivity contribution in [3.8, 4) is 0 Å². The van der Waals surface area contributed by atoms with E-state index in [-0.39, 0.29) is 5.78 Å². The number of aromatic nitrogens is 2. The van der Waals surface area contributed by atoms with E-state index in [4.69, 9.17) is 0 Å². The van der Waals surface area contributed by atoms with Crippen LogP contribution in [0.3, 0.4) is 0 Å². The molecule has 0 spiro atoms. The molecule has 2 aromatic rings. The highest BCUT2D eigenvalue weighted by Crippen LogP contribution is 2.23. The summed E-state index contributed by atoms with van der Waals surface area (Å²) in [5, 5.41) is 0. The van der Waals surface area contributed by atoms with Gasteiger partial charge in [0.05, 0.1) is 5.56 Å². The molecule has 0 saturated heterocycles. The Morgan fingerprint density at radius 1 is 1.06 bits per heavy atom. The lowest BCUT2D eigenvalue weighted by Crippen LogP contribution is -2.03. The van der Waals surface area contributed by atoms with Gasteiger partial charge < -0.3 is 0 Å². The van der Waals surface area contributed by atoms with E-state index in [9.17, 15) is 4.79 Å². The maximum Gasteiger partial charge on any atom is 0.196 e. The van der Waals surface area contributed by atoms with Crippen LogP contribution < -0.4 is 0 Å². The number of aryl methyl sites for hydroxylation is 2. The van der Waals surface area contributed by atoms with Crippen molar-refractivity contribution in [1.82, 2.24) is 9.97 Å². The molecule has 1 heterocycles. The summed E-state index contributed by atoms with van der Waals surface area (Å²) in [6, 6.07) is 3.73. The third kappa shape index (κ3) is 2.42. The number of benzene rings is 1. The van der Waals surface area contributed by atoms with Crippen molar-refractivity contribution in [3.63, 3.8) is 0 Å². The number of carbonyl (C=O) groups is 1. The van der Waals surface area contributed by atoms with Crippen LogP contribution in [-0.2, 0) is 0 Å². The molecular weight excluding hydrogens is 280 g/mol. The van der Waals surface area contributed by atoms with Crippen LogP contribution in [0.2, 0.25) is 0 Å². The van der Waals surface area contributed by atoms with Crippen LogP contribution in [0.4, 0.5) is 0 Å². The molecule has 0 bridgehead atoms. The second kappa shape index (κ2) is 4.75. The summed E-state index contributed by atoms with van der Waals surface area (Å²) in [5.74, 6) is -0.0516. The van der Waals surface area contributed by atoms with E-state index < -0.39 is 0 Å². The summed E-state index contributed by atoms with van der Waals surface area (Å²) < 4.78 is 1.04. The molecule has 0 fully saturated rings. The fourth-order valence-corrected chi connectivity index (χ4v) is 1.89. The van der Waals surface area contributed by atoms with Crippen LogP contribution in [0, 0.1) is 13.8 Å². The van der Waals surface area contributed by atoms with Crippen LogP contribution in [0.15, 0.2) is 35.3 Å². The Kier molecular flexibility index (Phi) is 3.33. The summed E-state index contributed by atoms with van der Waals surface area (Å²) in [6.45, 7) is 3.94. The molecule has 86 valence electrons. The monoisotopic (exact) mass is 290 g/mol. The summed E-state index contributed by atoms with van der Waals surface area (Å²) in [7, 11) is 0. The summed E-state index contributed by atoms with van der Waals surface area (Å²) >= 11 is 3.48. The molecule has 1 aromatic carbocycles. The van der Waals surface area contributed by atoms with Gasteiger partial charge in [0.1, 0.15) is 6.33 Å². The number of hydrogen-bond donors (Lipinski definition) is 0. The smallest absolute Gasteiger partial charge is 0.196 e. The first-order chi connectivity index (χ1) is 8.09. The Morgan fingerprint density at radius 2 is 1.59 bits per heavy atom. The second-order valence-corrected chi connectivity index (χ2v) is 4.67. The number of hydrogen-bond acceptors (Lipinski definition) is 3. The maximum absolute atomic E-state index is 12.2. The Morgan fingerprint density at radius 3 is 2.12 bits per heavy atom. The lowest BCUT2D eigenvalue weighted by atomic mass is 10.0. The van der Waals surface area contributed by atoms with Crippen LogP contribution in [0.1, 0.15) is 27.0 Å². The van der Waals surface area contributed by atoms with E-state index in [1.54, 1.807) is 0 Å². The zero-order valence-corrected chi connectivity index (χ0v) is 11.2. The van der Waals surface area contributed by atoms with E-state index in [0.717, 1.165) is 15.6 Å². The normalized spacial score (nSPS) is 10.3. The molecular formula is C13H11BrN2O. The molecule has 0 aliphatic carbocycles. The first kappa shape index (κ1) is 11.9. The highest BCUT2D eigenvalue weighted by molar-refractivity contribution is 9.10. The van der Waals surface area contributed by atoms with Crippen molar-refractivity contribution in [3.05, 3.63) is 57.6 Å². The van der Waals surface area contributed by atoms with Crippen molar-refractivity contribution in [2.24, 2.45) is 0 Å². The first-order valence-corrected chi connectivity index (χ1v) is 5.95. The van der Waals surface area contributed by atoms with E-state index in [0.29, 0.717) is 11.1 Å². The molecule has 4 heteroatoms. The van der Waals surface area contributed by atoms with Gasteiger partial charge in [-0.15, -0.1) is 0 Å². The Balaban J connectivity index is 2.45. The Bertz CT molecular complexity index is 544. The lowest BCUT2D eigenvalue weighted by Gasteiger charge is -2.06. The quantitative estimate of drug-likeness (QED) is 0.799. The summed E-state index contributed by atoms with van der Waals surface area (Å²) in [4.78, 5) is 19.9. The molecule has 3 nitrogen and oxygen atoms in total. The van der Waals surface area contributed by atoms with Gasteiger partial charge in [0.15, 0.2) is 5.78 Å². The van der Waals surface area contributed by atoms with Crippen LogP contribution in [-0.4, -0.2) is 15.8 Å². The standard InChI is InChI=1S/C13H11BrN2O/c1-8-3-10(4-9(2)12(8)14)13(17)11-5-15-7-16-6-11/h3-7H,1-2H3. The van der Waals surface area contributed by atoms with Crippen molar-refractivity contribution < 1.29 is 4.79 Å². The Labute approximate surface area is 108 Å². The van der Waals surface area contributed by atoms with Gasteiger partial charge in [-0.25, -0.2) is 9.97 Å². The number of nitrogens with zero attached hydrogens (tertiary/aromatic N) is 2. The molecule has 0 radical (unpaired) electrons. The fraction of sp³-hybridized carbons (Fsp3) is 0.154. The first-order valence-electron chi connectivity index (χ1n) is 5.16. The molecule has 17 heavy (non-hydrogen) atoms. The third-order valence-corrected chi connectivity index (χ3v) is 3.77. The van der Waals surface area contributed by atoms with E-state index in [2.05, 4.69) is 25.9 Å². The van der Waals surface area contributed by atoms with Crippen LogP contribution in [0.25, 0.3) is 0 Å². The highest BCUT2D eigenvalue weighted by Gasteiger charge is 2.12. The molecule has 0 atom stereocenters. The van der Waals surface area contributed by atoms with Crippen molar-refractivity contribution >= 4 is 21.7 Å². The largest absolute Gasteiger partial charge is 0.288 e. The Hall–Kier alpha value is -1.55. The minimum Gasteiger partial charge on any atom is -0.288 e.